The van der Waals surface area contributed by atoms with Crippen LogP contribution in [-0.2, 0) is 9.53 Å². The Morgan fingerprint density at radius 2 is 2.13 bits per heavy atom. The zero-order chi connectivity index (χ0) is 15.8. The SMILES string of the molecule is Cc1cc(N2CCN(C(=O)C3CCCO3)CC2)n2ncnc2n1. The number of aromatic nitrogens is 4. The first-order chi connectivity index (χ1) is 11.2. The third kappa shape index (κ3) is 2.63. The van der Waals surface area contributed by atoms with E-state index in [0.29, 0.717) is 25.5 Å². The van der Waals surface area contributed by atoms with Gasteiger partial charge in [0.05, 0.1) is 0 Å². The summed E-state index contributed by atoms with van der Waals surface area (Å²) in [5, 5.41) is 4.25. The molecule has 2 saturated heterocycles. The molecule has 122 valence electrons. The maximum atomic E-state index is 12.4. The highest BCUT2D eigenvalue weighted by Gasteiger charge is 2.30. The van der Waals surface area contributed by atoms with Crippen LogP contribution in [0.3, 0.4) is 0 Å². The van der Waals surface area contributed by atoms with E-state index in [4.69, 9.17) is 4.74 Å². The summed E-state index contributed by atoms with van der Waals surface area (Å²) in [4.78, 5) is 25.1. The van der Waals surface area contributed by atoms with Crippen molar-refractivity contribution in [3.05, 3.63) is 18.1 Å². The Morgan fingerprint density at radius 3 is 2.87 bits per heavy atom. The van der Waals surface area contributed by atoms with Crippen LogP contribution in [0.1, 0.15) is 18.5 Å². The average molecular weight is 316 g/mol. The summed E-state index contributed by atoms with van der Waals surface area (Å²) < 4.78 is 7.26. The average Bonchev–Trinajstić information content (AvgIpc) is 3.25. The predicted molar refractivity (Wildman–Crippen MR) is 83.3 cm³/mol. The van der Waals surface area contributed by atoms with Crippen LogP contribution in [0.4, 0.5) is 5.82 Å². The molecule has 8 nitrogen and oxygen atoms in total. The Balaban J connectivity index is 1.48. The van der Waals surface area contributed by atoms with Crippen molar-refractivity contribution in [3.63, 3.8) is 0 Å². The third-order valence-electron chi connectivity index (χ3n) is 4.48. The van der Waals surface area contributed by atoms with Crippen molar-refractivity contribution in [2.75, 3.05) is 37.7 Å². The molecule has 1 amide bonds. The van der Waals surface area contributed by atoms with Crippen LogP contribution in [0.15, 0.2) is 12.4 Å². The maximum absolute atomic E-state index is 12.4. The van der Waals surface area contributed by atoms with E-state index in [1.54, 1.807) is 4.52 Å². The summed E-state index contributed by atoms with van der Waals surface area (Å²) >= 11 is 0. The van der Waals surface area contributed by atoms with Gasteiger partial charge in [0.2, 0.25) is 0 Å². The Labute approximate surface area is 134 Å². The third-order valence-corrected chi connectivity index (χ3v) is 4.48. The Kier molecular flexibility index (Phi) is 3.60. The number of rotatable bonds is 2. The number of piperazine rings is 1. The number of nitrogens with zero attached hydrogens (tertiary/aromatic N) is 6. The van der Waals surface area contributed by atoms with Crippen LogP contribution < -0.4 is 4.90 Å². The second kappa shape index (κ2) is 5.77. The van der Waals surface area contributed by atoms with Crippen molar-refractivity contribution >= 4 is 17.5 Å². The molecule has 8 heteroatoms. The van der Waals surface area contributed by atoms with Crippen molar-refractivity contribution in [3.8, 4) is 0 Å². The molecule has 0 aromatic carbocycles. The molecule has 23 heavy (non-hydrogen) atoms. The lowest BCUT2D eigenvalue weighted by Gasteiger charge is -2.36. The number of carbonyl (C=O) groups excluding carboxylic acids is 1. The molecule has 2 aromatic rings. The Hall–Kier alpha value is -2.22. The molecule has 2 aliphatic heterocycles. The first-order valence-corrected chi connectivity index (χ1v) is 8.05. The van der Waals surface area contributed by atoms with Gasteiger partial charge in [0.25, 0.3) is 11.7 Å². The number of anilines is 1. The zero-order valence-corrected chi connectivity index (χ0v) is 13.2. The van der Waals surface area contributed by atoms with E-state index in [9.17, 15) is 4.79 Å². The van der Waals surface area contributed by atoms with Crippen LogP contribution in [0, 0.1) is 6.92 Å². The summed E-state index contributed by atoms with van der Waals surface area (Å²) in [7, 11) is 0. The van der Waals surface area contributed by atoms with E-state index in [1.165, 1.54) is 6.33 Å². The molecule has 4 rings (SSSR count). The minimum atomic E-state index is -0.230. The Bertz CT molecular complexity index is 716. The van der Waals surface area contributed by atoms with Gasteiger partial charge in [-0.1, -0.05) is 0 Å². The van der Waals surface area contributed by atoms with E-state index in [2.05, 4.69) is 20.0 Å². The molecule has 0 bridgehead atoms. The van der Waals surface area contributed by atoms with E-state index in [0.717, 1.165) is 37.4 Å². The minimum Gasteiger partial charge on any atom is -0.368 e. The fourth-order valence-corrected chi connectivity index (χ4v) is 3.27. The zero-order valence-electron chi connectivity index (χ0n) is 13.2. The summed E-state index contributed by atoms with van der Waals surface area (Å²) in [6, 6.07) is 2.01. The number of amides is 1. The highest BCUT2D eigenvalue weighted by molar-refractivity contribution is 5.81. The van der Waals surface area contributed by atoms with Gasteiger partial charge >= 0.3 is 0 Å². The molecule has 0 aliphatic carbocycles. The molecule has 0 radical (unpaired) electrons. The van der Waals surface area contributed by atoms with Crippen molar-refractivity contribution in [2.24, 2.45) is 0 Å². The lowest BCUT2D eigenvalue weighted by Crippen LogP contribution is -2.51. The first kappa shape index (κ1) is 14.4. The number of hydrogen-bond acceptors (Lipinski definition) is 6. The lowest BCUT2D eigenvalue weighted by molar-refractivity contribution is -0.141. The highest BCUT2D eigenvalue weighted by Crippen LogP contribution is 2.20. The minimum absolute atomic E-state index is 0.138. The van der Waals surface area contributed by atoms with Gasteiger partial charge < -0.3 is 14.5 Å². The van der Waals surface area contributed by atoms with Gasteiger partial charge in [-0.25, -0.2) is 4.98 Å². The summed E-state index contributed by atoms with van der Waals surface area (Å²) in [6.45, 7) is 5.62. The lowest BCUT2D eigenvalue weighted by atomic mass is 10.2. The number of aryl methyl sites for hydroxylation is 1. The van der Waals surface area contributed by atoms with E-state index in [1.807, 2.05) is 17.9 Å². The molecule has 2 fully saturated rings. The largest absolute Gasteiger partial charge is 0.368 e. The number of hydrogen-bond donors (Lipinski definition) is 0. The quantitative estimate of drug-likeness (QED) is 0.791. The molecule has 4 heterocycles. The number of carbonyl (C=O) groups is 1. The second-order valence-electron chi connectivity index (χ2n) is 6.04. The van der Waals surface area contributed by atoms with Crippen LogP contribution in [0.5, 0.6) is 0 Å². The molecular weight excluding hydrogens is 296 g/mol. The van der Waals surface area contributed by atoms with Gasteiger partial charge in [0, 0.05) is 44.5 Å². The van der Waals surface area contributed by atoms with E-state index < -0.39 is 0 Å². The molecular formula is C15H20N6O2. The molecule has 2 aliphatic rings. The van der Waals surface area contributed by atoms with Gasteiger partial charge in [-0.2, -0.15) is 14.6 Å². The van der Waals surface area contributed by atoms with Crippen LogP contribution in [0.25, 0.3) is 5.78 Å². The molecule has 0 saturated carbocycles. The highest BCUT2D eigenvalue weighted by atomic mass is 16.5. The normalized spacial score (nSPS) is 22.0. The van der Waals surface area contributed by atoms with Crippen molar-refractivity contribution in [1.29, 1.82) is 0 Å². The molecule has 1 unspecified atom stereocenters. The van der Waals surface area contributed by atoms with Crippen molar-refractivity contribution < 1.29 is 9.53 Å². The van der Waals surface area contributed by atoms with Gasteiger partial charge in [-0.15, -0.1) is 0 Å². The molecule has 1 atom stereocenters. The van der Waals surface area contributed by atoms with Crippen LogP contribution >= 0.6 is 0 Å². The summed E-state index contributed by atoms with van der Waals surface area (Å²) in [5.74, 6) is 1.73. The van der Waals surface area contributed by atoms with Crippen LogP contribution in [0.2, 0.25) is 0 Å². The monoisotopic (exact) mass is 316 g/mol. The van der Waals surface area contributed by atoms with E-state index >= 15 is 0 Å². The van der Waals surface area contributed by atoms with E-state index in [-0.39, 0.29) is 12.0 Å². The first-order valence-electron chi connectivity index (χ1n) is 8.05. The van der Waals surface area contributed by atoms with Gasteiger partial charge in [-0.3, -0.25) is 4.79 Å². The van der Waals surface area contributed by atoms with Crippen LogP contribution in [-0.4, -0.2) is 69.3 Å². The molecule has 0 spiro atoms. The maximum Gasteiger partial charge on any atom is 0.254 e. The standard InChI is InChI=1S/C15H20N6O2/c1-11-9-13(21-15(18-11)16-10-17-21)19-4-6-20(7-5-19)14(22)12-3-2-8-23-12/h9-10,12H,2-8H2,1H3. The van der Waals surface area contributed by atoms with Gasteiger partial charge in [-0.05, 0) is 19.8 Å². The van der Waals surface area contributed by atoms with Crippen molar-refractivity contribution in [1.82, 2.24) is 24.5 Å². The number of fused-ring (bicyclic) bond motifs is 1. The summed E-state index contributed by atoms with van der Waals surface area (Å²) in [5.41, 5.74) is 0.915. The van der Waals surface area contributed by atoms with Gasteiger partial charge in [0.1, 0.15) is 18.2 Å². The smallest absolute Gasteiger partial charge is 0.254 e. The Morgan fingerprint density at radius 1 is 1.30 bits per heavy atom. The molecule has 0 N–H and O–H groups in total. The topological polar surface area (TPSA) is 75.9 Å². The second-order valence-corrected chi connectivity index (χ2v) is 6.04. The fourth-order valence-electron chi connectivity index (χ4n) is 3.27. The number of ether oxygens (including phenoxy) is 1. The summed E-state index contributed by atoms with van der Waals surface area (Å²) in [6.07, 6.45) is 3.12. The van der Waals surface area contributed by atoms with Gasteiger partial charge in [0.15, 0.2) is 0 Å². The fraction of sp³-hybridized carbons (Fsp3) is 0.600. The predicted octanol–water partition coefficient (Wildman–Crippen LogP) is 0.260. The molecule has 2 aromatic heterocycles. The van der Waals surface area contributed by atoms with Crippen molar-refractivity contribution in [2.45, 2.75) is 25.9 Å².